The number of hydrogen-bond acceptors (Lipinski definition) is 2. The molecule has 2 unspecified atom stereocenters. The van der Waals surface area contributed by atoms with E-state index in [0.717, 1.165) is 9.99 Å². The van der Waals surface area contributed by atoms with Gasteiger partial charge in [0, 0.05) is 21.1 Å². The molecule has 1 heterocycles. The lowest BCUT2D eigenvalue weighted by Crippen LogP contribution is -2.27. The maximum absolute atomic E-state index is 11.2. The van der Waals surface area contributed by atoms with E-state index in [0.29, 0.717) is 17.0 Å². The Bertz CT molecular complexity index is 419. The molecule has 1 aromatic rings. The van der Waals surface area contributed by atoms with E-state index in [2.05, 4.69) is 28.8 Å². The van der Waals surface area contributed by atoms with Gasteiger partial charge in [-0.3, -0.25) is 0 Å². The fourth-order valence-corrected chi connectivity index (χ4v) is 4.14. The number of carboxylic acids is 1. The van der Waals surface area contributed by atoms with Gasteiger partial charge in [0.2, 0.25) is 0 Å². The molecule has 2 rings (SSSR count). The largest absolute Gasteiger partial charge is 0.477 e. The monoisotopic (exact) mass is 365 g/mol. The van der Waals surface area contributed by atoms with Crippen molar-refractivity contribution < 1.29 is 9.90 Å². The lowest BCUT2D eigenvalue weighted by Gasteiger charge is -2.32. The van der Waals surface area contributed by atoms with Crippen molar-refractivity contribution in [2.24, 2.45) is 0 Å². The summed E-state index contributed by atoms with van der Waals surface area (Å²) in [5.74, 6) is -0.821. The molecule has 5 heteroatoms. The van der Waals surface area contributed by atoms with E-state index in [4.69, 9.17) is 0 Å². The number of halogens is 1. The molecule has 0 aromatic carbocycles. The number of carboxylic acid groups (broad SMARTS) is 1. The summed E-state index contributed by atoms with van der Waals surface area (Å²) in [6, 6.07) is 2.10. The predicted molar refractivity (Wildman–Crippen MR) is 78.9 cm³/mol. The van der Waals surface area contributed by atoms with Gasteiger partial charge in [0.15, 0.2) is 0 Å². The Balaban J connectivity index is 2.34. The summed E-state index contributed by atoms with van der Waals surface area (Å²) in [6.45, 7) is 0. The summed E-state index contributed by atoms with van der Waals surface area (Å²) >= 11 is 4.05. The molecule has 0 radical (unpaired) electrons. The summed E-state index contributed by atoms with van der Waals surface area (Å²) < 4.78 is 2.98. The second-order valence-corrected chi connectivity index (χ2v) is 6.70. The lowest BCUT2D eigenvalue weighted by atomic mass is 9.94. The topological polar surface area (TPSA) is 42.2 Å². The van der Waals surface area contributed by atoms with E-state index in [-0.39, 0.29) is 0 Å². The molecule has 0 saturated heterocycles. The van der Waals surface area contributed by atoms with Gasteiger partial charge in [0.05, 0.1) is 0 Å². The maximum Gasteiger partial charge on any atom is 0.352 e. The average molecular weight is 365 g/mol. The second kappa shape index (κ2) is 5.65. The fourth-order valence-electron chi connectivity index (χ4n) is 2.56. The first kappa shape index (κ1) is 13.3. The molecule has 1 fully saturated rings. The van der Waals surface area contributed by atoms with Crippen molar-refractivity contribution in [3.63, 3.8) is 0 Å². The average Bonchev–Trinajstić information content (AvgIpc) is 2.71. The minimum atomic E-state index is -0.821. The molecule has 0 bridgehead atoms. The molecule has 0 spiro atoms. The molecule has 1 aromatic heterocycles. The van der Waals surface area contributed by atoms with Gasteiger partial charge in [0.1, 0.15) is 5.69 Å². The molecular weight excluding hydrogens is 349 g/mol. The van der Waals surface area contributed by atoms with Crippen LogP contribution in [0.25, 0.3) is 0 Å². The van der Waals surface area contributed by atoms with Gasteiger partial charge >= 0.3 is 5.97 Å². The molecule has 1 saturated carbocycles. The van der Waals surface area contributed by atoms with Crippen LogP contribution in [0.1, 0.15) is 42.2 Å². The van der Waals surface area contributed by atoms with Gasteiger partial charge in [-0.05, 0) is 47.8 Å². The highest BCUT2D eigenvalue weighted by molar-refractivity contribution is 14.1. The zero-order chi connectivity index (χ0) is 12.4. The number of rotatable bonds is 3. The zero-order valence-electron chi connectivity index (χ0n) is 9.73. The number of aromatic carboxylic acids is 1. The predicted octanol–water partition coefficient (Wildman–Crippen LogP) is 3.64. The van der Waals surface area contributed by atoms with Gasteiger partial charge in [-0.25, -0.2) is 4.79 Å². The molecule has 2 atom stereocenters. The molecule has 0 amide bonds. The molecular formula is C12H16INO2S. The van der Waals surface area contributed by atoms with Crippen LogP contribution in [0.2, 0.25) is 0 Å². The van der Waals surface area contributed by atoms with E-state index in [9.17, 15) is 9.90 Å². The van der Waals surface area contributed by atoms with Crippen molar-refractivity contribution in [1.82, 2.24) is 4.57 Å². The highest BCUT2D eigenvalue weighted by Gasteiger charge is 2.28. The molecule has 1 N–H and O–H groups in total. The van der Waals surface area contributed by atoms with Crippen LogP contribution in [-0.4, -0.2) is 27.1 Å². The van der Waals surface area contributed by atoms with Crippen LogP contribution < -0.4 is 0 Å². The van der Waals surface area contributed by atoms with Gasteiger partial charge in [-0.2, -0.15) is 11.8 Å². The van der Waals surface area contributed by atoms with Crippen LogP contribution in [0.5, 0.6) is 0 Å². The molecule has 1 aliphatic carbocycles. The first-order chi connectivity index (χ1) is 8.13. The normalized spacial score (nSPS) is 24.8. The number of aromatic nitrogens is 1. The smallest absolute Gasteiger partial charge is 0.352 e. The Kier molecular flexibility index (Phi) is 4.41. The Labute approximate surface area is 119 Å². The van der Waals surface area contributed by atoms with Crippen LogP contribution in [0.3, 0.4) is 0 Å². The summed E-state index contributed by atoms with van der Waals surface area (Å²) in [5.41, 5.74) is 0.431. The van der Waals surface area contributed by atoms with E-state index < -0.39 is 5.97 Å². The second-order valence-electron chi connectivity index (χ2n) is 4.38. The quantitative estimate of drug-likeness (QED) is 0.832. The van der Waals surface area contributed by atoms with Crippen molar-refractivity contribution in [2.45, 2.75) is 37.0 Å². The molecule has 0 aliphatic heterocycles. The van der Waals surface area contributed by atoms with E-state index in [1.54, 1.807) is 6.07 Å². The first-order valence-corrected chi connectivity index (χ1v) is 8.13. The Morgan fingerprint density at radius 2 is 2.24 bits per heavy atom. The van der Waals surface area contributed by atoms with Crippen LogP contribution in [-0.2, 0) is 0 Å². The number of carbonyl (C=O) groups is 1. The minimum absolute atomic E-state index is 0.341. The SMILES string of the molecule is CSC1CCCCC1n1cc(I)cc1C(=O)O. The number of thioether (sulfide) groups is 1. The van der Waals surface area contributed by atoms with Crippen LogP contribution in [0.15, 0.2) is 12.3 Å². The van der Waals surface area contributed by atoms with Gasteiger partial charge < -0.3 is 9.67 Å². The lowest BCUT2D eigenvalue weighted by molar-refractivity contribution is 0.0681. The highest BCUT2D eigenvalue weighted by atomic mass is 127. The van der Waals surface area contributed by atoms with E-state index in [1.807, 2.05) is 22.5 Å². The van der Waals surface area contributed by atoms with Crippen LogP contribution >= 0.6 is 34.4 Å². The third-order valence-electron chi connectivity index (χ3n) is 3.36. The molecule has 17 heavy (non-hydrogen) atoms. The van der Waals surface area contributed by atoms with Crippen molar-refractivity contribution in [3.05, 3.63) is 21.5 Å². The van der Waals surface area contributed by atoms with Crippen molar-refractivity contribution in [3.8, 4) is 0 Å². The summed E-state index contributed by atoms with van der Waals surface area (Å²) in [4.78, 5) is 11.2. The summed E-state index contributed by atoms with van der Waals surface area (Å²) in [6.07, 6.45) is 8.86. The number of nitrogens with zero attached hydrogens (tertiary/aromatic N) is 1. The van der Waals surface area contributed by atoms with Gasteiger partial charge in [0.25, 0.3) is 0 Å². The van der Waals surface area contributed by atoms with Crippen molar-refractivity contribution >= 4 is 40.3 Å². The van der Waals surface area contributed by atoms with Crippen molar-refractivity contribution in [1.29, 1.82) is 0 Å². The Morgan fingerprint density at radius 1 is 1.53 bits per heavy atom. The third-order valence-corrected chi connectivity index (χ3v) is 5.11. The minimum Gasteiger partial charge on any atom is -0.477 e. The molecule has 94 valence electrons. The number of hydrogen-bond donors (Lipinski definition) is 1. The van der Waals surface area contributed by atoms with Crippen molar-refractivity contribution in [2.75, 3.05) is 6.26 Å². The van der Waals surface area contributed by atoms with Gasteiger partial charge in [-0.15, -0.1) is 0 Å². The standard InChI is InChI=1S/C12H16INO2S/c1-17-11-5-3-2-4-9(11)14-7-8(13)6-10(14)12(15)16/h6-7,9,11H,2-5H2,1H3,(H,15,16). The summed E-state index contributed by atoms with van der Waals surface area (Å²) in [5, 5.41) is 9.78. The Hall–Kier alpha value is -0.170. The fraction of sp³-hybridized carbons (Fsp3) is 0.583. The Morgan fingerprint density at radius 3 is 2.88 bits per heavy atom. The van der Waals surface area contributed by atoms with E-state index in [1.165, 1.54) is 19.3 Å². The van der Waals surface area contributed by atoms with Crippen LogP contribution in [0, 0.1) is 3.57 Å². The van der Waals surface area contributed by atoms with E-state index >= 15 is 0 Å². The maximum atomic E-state index is 11.2. The van der Waals surface area contributed by atoms with Crippen LogP contribution in [0.4, 0.5) is 0 Å². The zero-order valence-corrected chi connectivity index (χ0v) is 12.7. The first-order valence-electron chi connectivity index (χ1n) is 5.77. The van der Waals surface area contributed by atoms with Gasteiger partial charge in [-0.1, -0.05) is 12.8 Å². The third kappa shape index (κ3) is 2.81. The molecule has 1 aliphatic rings. The molecule has 3 nitrogen and oxygen atoms in total. The highest BCUT2D eigenvalue weighted by Crippen LogP contribution is 2.37. The summed E-state index contributed by atoms with van der Waals surface area (Å²) in [7, 11) is 0.